The van der Waals surface area contributed by atoms with Crippen molar-refractivity contribution in [2.24, 2.45) is 0 Å². The number of nitrogens with zero attached hydrogens (tertiary/aromatic N) is 1. The van der Waals surface area contributed by atoms with Gasteiger partial charge in [0.2, 0.25) is 5.91 Å². The molecule has 2 rings (SSSR count). The van der Waals surface area contributed by atoms with Crippen LogP contribution in [0.4, 0.5) is 4.39 Å². The number of morpholine rings is 1. The highest BCUT2D eigenvalue weighted by molar-refractivity contribution is 5.76. The third-order valence-corrected chi connectivity index (χ3v) is 3.44. The number of ether oxygens (including phenoxy) is 2. The summed E-state index contributed by atoms with van der Waals surface area (Å²) in [6.07, 6.45) is 1.01. The molecule has 1 saturated heterocycles. The van der Waals surface area contributed by atoms with Crippen LogP contribution < -0.4 is 4.74 Å². The maximum absolute atomic E-state index is 13.5. The van der Waals surface area contributed by atoms with Crippen LogP contribution in [0.5, 0.6) is 5.75 Å². The Kier molecular flexibility index (Phi) is 4.95. The van der Waals surface area contributed by atoms with Gasteiger partial charge in [-0.15, -0.1) is 0 Å². The molecule has 4 nitrogen and oxygen atoms in total. The van der Waals surface area contributed by atoms with E-state index in [-0.39, 0.29) is 17.8 Å². The lowest BCUT2D eigenvalue weighted by molar-refractivity contribution is -0.138. The number of halogens is 1. The minimum absolute atomic E-state index is 0.0890. The number of benzene rings is 1. The van der Waals surface area contributed by atoms with Crippen LogP contribution in [-0.2, 0) is 16.0 Å². The second kappa shape index (κ2) is 6.70. The van der Waals surface area contributed by atoms with E-state index in [0.29, 0.717) is 32.5 Å². The van der Waals surface area contributed by atoms with Crippen molar-refractivity contribution < 1.29 is 18.7 Å². The van der Waals surface area contributed by atoms with Gasteiger partial charge in [-0.2, -0.15) is 0 Å². The molecular formula is C15H20FNO3. The van der Waals surface area contributed by atoms with Crippen molar-refractivity contribution >= 4 is 5.91 Å². The van der Waals surface area contributed by atoms with Crippen molar-refractivity contribution in [3.8, 4) is 5.75 Å². The van der Waals surface area contributed by atoms with Gasteiger partial charge in [0.15, 0.2) is 11.6 Å². The van der Waals surface area contributed by atoms with Crippen molar-refractivity contribution in [1.82, 2.24) is 4.90 Å². The highest BCUT2D eigenvalue weighted by Crippen LogP contribution is 2.19. The standard InChI is InChI=1S/C15H20FNO3/c1-11-10-17(7-8-20-11)15(18)6-4-12-3-5-14(19-2)13(16)9-12/h3,5,9,11H,4,6-8,10H2,1-2H3. The third-order valence-electron chi connectivity index (χ3n) is 3.44. The third kappa shape index (κ3) is 3.70. The van der Waals surface area contributed by atoms with Crippen molar-refractivity contribution in [2.45, 2.75) is 25.9 Å². The topological polar surface area (TPSA) is 38.8 Å². The maximum atomic E-state index is 13.5. The molecule has 1 unspecified atom stereocenters. The zero-order valence-electron chi connectivity index (χ0n) is 11.9. The number of amides is 1. The Labute approximate surface area is 118 Å². The molecule has 0 saturated carbocycles. The number of aryl methyl sites for hydroxylation is 1. The van der Waals surface area contributed by atoms with Crippen LogP contribution in [0.15, 0.2) is 18.2 Å². The van der Waals surface area contributed by atoms with Crippen LogP contribution in [0.2, 0.25) is 0 Å². The number of carbonyl (C=O) groups is 1. The molecule has 1 atom stereocenters. The van der Waals surface area contributed by atoms with Gasteiger partial charge < -0.3 is 14.4 Å². The van der Waals surface area contributed by atoms with Crippen LogP contribution in [0.25, 0.3) is 0 Å². The van der Waals surface area contributed by atoms with Crippen LogP contribution in [-0.4, -0.2) is 43.7 Å². The lowest BCUT2D eigenvalue weighted by Gasteiger charge is -2.31. The second-order valence-electron chi connectivity index (χ2n) is 4.99. The van der Waals surface area contributed by atoms with Gasteiger partial charge >= 0.3 is 0 Å². The zero-order valence-corrected chi connectivity index (χ0v) is 11.9. The van der Waals surface area contributed by atoms with Gasteiger partial charge in [0, 0.05) is 19.5 Å². The lowest BCUT2D eigenvalue weighted by atomic mass is 10.1. The molecule has 0 radical (unpaired) electrons. The van der Waals surface area contributed by atoms with Crippen LogP contribution >= 0.6 is 0 Å². The smallest absolute Gasteiger partial charge is 0.223 e. The predicted octanol–water partition coefficient (Wildman–Crippen LogP) is 2.01. The molecule has 0 aromatic heterocycles. The van der Waals surface area contributed by atoms with Crippen LogP contribution in [0.1, 0.15) is 18.9 Å². The Bertz CT molecular complexity index is 478. The van der Waals surface area contributed by atoms with E-state index in [2.05, 4.69) is 0 Å². The molecule has 110 valence electrons. The fraction of sp³-hybridized carbons (Fsp3) is 0.533. The summed E-state index contributed by atoms with van der Waals surface area (Å²) in [6.45, 7) is 3.82. The van der Waals surface area contributed by atoms with Crippen LogP contribution in [0.3, 0.4) is 0 Å². The van der Waals surface area contributed by atoms with Crippen molar-refractivity contribution in [2.75, 3.05) is 26.8 Å². The first-order valence-corrected chi connectivity index (χ1v) is 6.82. The van der Waals surface area contributed by atoms with E-state index < -0.39 is 5.82 Å². The van der Waals surface area contributed by atoms with Crippen LogP contribution in [0, 0.1) is 5.82 Å². The van der Waals surface area contributed by atoms with Gasteiger partial charge in [-0.05, 0) is 31.0 Å². The van der Waals surface area contributed by atoms with E-state index in [1.807, 2.05) is 11.8 Å². The Morgan fingerprint density at radius 2 is 2.35 bits per heavy atom. The molecule has 0 bridgehead atoms. The summed E-state index contributed by atoms with van der Waals surface area (Å²) in [7, 11) is 1.43. The Morgan fingerprint density at radius 1 is 1.55 bits per heavy atom. The predicted molar refractivity (Wildman–Crippen MR) is 73.3 cm³/mol. The summed E-state index contributed by atoms with van der Waals surface area (Å²) in [5.41, 5.74) is 0.804. The fourth-order valence-corrected chi connectivity index (χ4v) is 2.32. The molecule has 1 aliphatic heterocycles. The van der Waals surface area contributed by atoms with Gasteiger partial charge in [0.1, 0.15) is 0 Å². The normalized spacial score (nSPS) is 18.9. The second-order valence-corrected chi connectivity index (χ2v) is 4.99. The molecular weight excluding hydrogens is 261 g/mol. The zero-order chi connectivity index (χ0) is 14.5. The first-order valence-electron chi connectivity index (χ1n) is 6.82. The number of rotatable bonds is 4. The molecule has 20 heavy (non-hydrogen) atoms. The largest absolute Gasteiger partial charge is 0.494 e. The minimum atomic E-state index is -0.391. The molecule has 0 N–H and O–H groups in total. The molecule has 1 aromatic carbocycles. The first-order chi connectivity index (χ1) is 9.60. The molecule has 1 fully saturated rings. The van der Waals surface area contributed by atoms with E-state index in [9.17, 15) is 9.18 Å². The van der Waals surface area contributed by atoms with Gasteiger partial charge in [0.05, 0.1) is 19.8 Å². The maximum Gasteiger partial charge on any atom is 0.223 e. The average molecular weight is 281 g/mol. The van der Waals surface area contributed by atoms with Crippen molar-refractivity contribution in [3.05, 3.63) is 29.6 Å². The molecule has 1 aliphatic rings. The number of hydrogen-bond acceptors (Lipinski definition) is 3. The molecule has 0 spiro atoms. The van der Waals surface area contributed by atoms with E-state index in [4.69, 9.17) is 9.47 Å². The number of hydrogen-bond donors (Lipinski definition) is 0. The van der Waals surface area contributed by atoms with Gasteiger partial charge in [-0.3, -0.25) is 4.79 Å². The van der Waals surface area contributed by atoms with Gasteiger partial charge in [-0.25, -0.2) is 4.39 Å². The first kappa shape index (κ1) is 14.8. The van der Waals surface area contributed by atoms with Crippen molar-refractivity contribution in [3.63, 3.8) is 0 Å². The molecule has 5 heteroatoms. The molecule has 1 heterocycles. The monoisotopic (exact) mass is 281 g/mol. The Hall–Kier alpha value is -1.62. The van der Waals surface area contributed by atoms with E-state index in [0.717, 1.165) is 5.56 Å². The van der Waals surface area contributed by atoms with Crippen molar-refractivity contribution in [1.29, 1.82) is 0 Å². The summed E-state index contributed by atoms with van der Waals surface area (Å²) >= 11 is 0. The highest BCUT2D eigenvalue weighted by atomic mass is 19.1. The summed E-state index contributed by atoms with van der Waals surface area (Å²) in [4.78, 5) is 13.9. The Balaban J connectivity index is 1.88. The lowest BCUT2D eigenvalue weighted by Crippen LogP contribution is -2.44. The SMILES string of the molecule is COc1ccc(CCC(=O)N2CCOC(C)C2)cc1F. The summed E-state index contributed by atoms with van der Waals surface area (Å²) in [6, 6.07) is 4.80. The number of methoxy groups -OCH3 is 1. The number of carbonyl (C=O) groups excluding carboxylic acids is 1. The minimum Gasteiger partial charge on any atom is -0.494 e. The molecule has 0 aliphatic carbocycles. The Morgan fingerprint density at radius 3 is 3.00 bits per heavy atom. The molecule has 1 amide bonds. The summed E-state index contributed by atoms with van der Waals surface area (Å²) < 4.78 is 23.8. The quantitative estimate of drug-likeness (QED) is 0.847. The highest BCUT2D eigenvalue weighted by Gasteiger charge is 2.20. The van der Waals surface area contributed by atoms with Gasteiger partial charge in [0.25, 0.3) is 0 Å². The van der Waals surface area contributed by atoms with E-state index in [1.165, 1.54) is 13.2 Å². The average Bonchev–Trinajstić information content (AvgIpc) is 2.45. The fourth-order valence-electron chi connectivity index (χ4n) is 2.32. The van der Waals surface area contributed by atoms with E-state index >= 15 is 0 Å². The summed E-state index contributed by atoms with van der Waals surface area (Å²) in [5, 5.41) is 0. The summed E-state index contributed by atoms with van der Waals surface area (Å²) in [5.74, 6) is -0.0732. The molecule has 1 aromatic rings. The van der Waals surface area contributed by atoms with E-state index in [1.54, 1.807) is 12.1 Å². The van der Waals surface area contributed by atoms with Gasteiger partial charge in [-0.1, -0.05) is 6.07 Å².